The minimum absolute atomic E-state index is 0.548. The summed E-state index contributed by atoms with van der Waals surface area (Å²) in [5.41, 5.74) is 0. The van der Waals surface area contributed by atoms with Crippen molar-refractivity contribution in [3.63, 3.8) is 0 Å². The first-order valence-corrected chi connectivity index (χ1v) is 6.16. The molecule has 0 atom stereocenters. The number of aliphatic imine (C=N–C) groups is 1. The van der Waals surface area contributed by atoms with E-state index in [1.54, 1.807) is 0 Å². The topological polar surface area (TPSA) is 28.1 Å². The maximum absolute atomic E-state index is 5.80. The molecule has 0 aliphatic rings. The van der Waals surface area contributed by atoms with E-state index in [0.29, 0.717) is 18.2 Å². The molecule has 0 heterocycles. The fraction of sp³-hybridized carbons (Fsp3) is 0.462. The van der Waals surface area contributed by atoms with Gasteiger partial charge in [0.2, 0.25) is 0 Å². The Labute approximate surface area is 114 Å². The molecule has 0 radical (unpaired) electrons. The number of ether oxygens (including phenoxy) is 1. The fourth-order valence-electron chi connectivity index (χ4n) is 1.52. The molecule has 0 amide bonds. The highest BCUT2D eigenvalue weighted by atomic mass is 35.5. The lowest BCUT2D eigenvalue weighted by molar-refractivity contribution is 0.326. The molecule has 0 saturated carbocycles. The maximum Gasteiger partial charge on any atom is 0.195 e. The lowest BCUT2D eigenvalue weighted by Crippen LogP contribution is -2.35. The van der Waals surface area contributed by atoms with E-state index in [4.69, 9.17) is 16.3 Å². The molecule has 5 heteroatoms. The summed E-state index contributed by atoms with van der Waals surface area (Å²) >= 11 is 5.80. The van der Waals surface area contributed by atoms with Crippen molar-refractivity contribution >= 4 is 17.6 Å². The molecule has 18 heavy (non-hydrogen) atoms. The second kappa shape index (κ2) is 7.11. The van der Waals surface area contributed by atoms with Crippen LogP contribution in [0.1, 0.15) is 0 Å². The van der Waals surface area contributed by atoms with Crippen LogP contribution in [0.2, 0.25) is 5.02 Å². The second-order valence-corrected chi connectivity index (χ2v) is 4.71. The van der Waals surface area contributed by atoms with Crippen LogP contribution in [0, 0.1) is 0 Å². The van der Waals surface area contributed by atoms with Gasteiger partial charge in [0.25, 0.3) is 0 Å². The molecule has 100 valence electrons. The van der Waals surface area contributed by atoms with E-state index in [9.17, 15) is 0 Å². The Bertz CT molecular complexity index is 378. The molecule has 0 N–H and O–H groups in total. The quantitative estimate of drug-likeness (QED) is 0.477. The molecule has 1 aromatic carbocycles. The van der Waals surface area contributed by atoms with Crippen LogP contribution < -0.4 is 4.74 Å². The van der Waals surface area contributed by atoms with Crippen LogP contribution in [0.5, 0.6) is 5.75 Å². The highest BCUT2D eigenvalue weighted by molar-refractivity contribution is 6.30. The van der Waals surface area contributed by atoms with Crippen molar-refractivity contribution in [2.24, 2.45) is 4.99 Å². The molecule has 0 aliphatic carbocycles. The number of rotatable bonds is 4. The summed E-state index contributed by atoms with van der Waals surface area (Å²) in [6.07, 6.45) is 0. The first-order valence-electron chi connectivity index (χ1n) is 5.78. The van der Waals surface area contributed by atoms with Gasteiger partial charge >= 0.3 is 0 Å². The molecule has 0 saturated heterocycles. The Morgan fingerprint density at radius 2 is 1.67 bits per heavy atom. The van der Waals surface area contributed by atoms with Crippen LogP contribution >= 0.6 is 11.6 Å². The molecule has 0 aliphatic heterocycles. The van der Waals surface area contributed by atoms with Crippen LogP contribution in [0.3, 0.4) is 0 Å². The Balaban J connectivity index is 2.41. The van der Waals surface area contributed by atoms with E-state index >= 15 is 0 Å². The predicted octanol–water partition coefficient (Wildman–Crippen LogP) is 2.20. The number of halogens is 1. The van der Waals surface area contributed by atoms with E-state index in [-0.39, 0.29) is 0 Å². The number of guanidine groups is 1. The molecule has 1 aromatic rings. The van der Waals surface area contributed by atoms with E-state index < -0.39 is 0 Å². The second-order valence-electron chi connectivity index (χ2n) is 4.27. The van der Waals surface area contributed by atoms with Gasteiger partial charge in [0.15, 0.2) is 5.96 Å². The SMILES string of the molecule is CN(C)C(=NCCOc1ccc(Cl)cc1)N(C)C. The summed E-state index contributed by atoms with van der Waals surface area (Å²) in [5, 5.41) is 0.711. The van der Waals surface area contributed by atoms with E-state index in [1.165, 1.54) is 0 Å². The zero-order chi connectivity index (χ0) is 13.5. The molecule has 0 aromatic heterocycles. The normalized spacial score (nSPS) is 9.83. The van der Waals surface area contributed by atoms with E-state index in [1.807, 2.05) is 62.3 Å². The van der Waals surface area contributed by atoms with Crippen molar-refractivity contribution in [3.8, 4) is 5.75 Å². The molecule has 0 unspecified atom stereocenters. The van der Waals surface area contributed by atoms with Gasteiger partial charge in [-0.25, -0.2) is 4.99 Å². The molecule has 0 fully saturated rings. The predicted molar refractivity (Wildman–Crippen MR) is 76.6 cm³/mol. The average molecular weight is 270 g/mol. The Morgan fingerprint density at radius 3 is 2.17 bits per heavy atom. The van der Waals surface area contributed by atoms with Crippen LogP contribution in [0.4, 0.5) is 0 Å². The fourth-order valence-corrected chi connectivity index (χ4v) is 1.65. The largest absolute Gasteiger partial charge is 0.492 e. The summed E-state index contributed by atoms with van der Waals surface area (Å²) in [6, 6.07) is 7.33. The van der Waals surface area contributed by atoms with Gasteiger partial charge in [0.05, 0.1) is 6.54 Å². The van der Waals surface area contributed by atoms with Crippen molar-refractivity contribution in [3.05, 3.63) is 29.3 Å². The standard InChI is InChI=1S/C13H20ClN3O/c1-16(2)13(17(3)4)15-9-10-18-12-7-5-11(14)6-8-12/h5-8H,9-10H2,1-4H3. The summed E-state index contributed by atoms with van der Waals surface area (Å²) in [7, 11) is 7.88. The van der Waals surface area contributed by atoms with Gasteiger partial charge in [-0.3, -0.25) is 0 Å². The van der Waals surface area contributed by atoms with Crippen LogP contribution in [0.15, 0.2) is 29.3 Å². The summed E-state index contributed by atoms with van der Waals surface area (Å²) in [4.78, 5) is 8.42. The molecule has 0 bridgehead atoms. The Kier molecular flexibility index (Phi) is 5.78. The third-order valence-electron chi connectivity index (χ3n) is 2.23. The van der Waals surface area contributed by atoms with Crippen molar-refractivity contribution < 1.29 is 4.74 Å². The Hall–Kier alpha value is -1.42. The first-order chi connectivity index (χ1) is 8.50. The van der Waals surface area contributed by atoms with Gasteiger partial charge < -0.3 is 14.5 Å². The minimum atomic E-state index is 0.548. The van der Waals surface area contributed by atoms with Gasteiger partial charge in [-0.05, 0) is 24.3 Å². The average Bonchev–Trinajstić information content (AvgIpc) is 2.30. The zero-order valence-corrected chi connectivity index (χ0v) is 12.1. The number of hydrogen-bond acceptors (Lipinski definition) is 2. The van der Waals surface area contributed by atoms with Crippen molar-refractivity contribution in [2.45, 2.75) is 0 Å². The Morgan fingerprint density at radius 1 is 1.11 bits per heavy atom. The maximum atomic E-state index is 5.80. The molecule has 1 rings (SSSR count). The van der Waals surface area contributed by atoms with Gasteiger partial charge in [0, 0.05) is 33.2 Å². The highest BCUT2D eigenvalue weighted by Gasteiger charge is 2.03. The lowest BCUT2D eigenvalue weighted by Gasteiger charge is -2.22. The summed E-state index contributed by atoms with van der Waals surface area (Å²) in [6.45, 7) is 1.17. The molecule has 0 spiro atoms. The van der Waals surface area contributed by atoms with Gasteiger partial charge in [-0.1, -0.05) is 11.6 Å². The van der Waals surface area contributed by atoms with Gasteiger partial charge in [-0.15, -0.1) is 0 Å². The third kappa shape index (κ3) is 4.84. The van der Waals surface area contributed by atoms with Crippen LogP contribution in [-0.4, -0.2) is 57.1 Å². The summed E-state index contributed by atoms with van der Waals surface area (Å²) in [5.74, 6) is 1.74. The van der Waals surface area contributed by atoms with E-state index in [0.717, 1.165) is 11.7 Å². The monoisotopic (exact) mass is 269 g/mol. The highest BCUT2D eigenvalue weighted by Crippen LogP contribution is 2.15. The minimum Gasteiger partial charge on any atom is -0.492 e. The zero-order valence-electron chi connectivity index (χ0n) is 11.4. The summed E-state index contributed by atoms with van der Waals surface area (Å²) < 4.78 is 5.57. The molecule has 4 nitrogen and oxygen atoms in total. The number of hydrogen-bond donors (Lipinski definition) is 0. The smallest absolute Gasteiger partial charge is 0.195 e. The number of nitrogens with zero attached hydrogens (tertiary/aromatic N) is 3. The van der Waals surface area contributed by atoms with E-state index in [2.05, 4.69) is 4.99 Å². The van der Waals surface area contributed by atoms with Crippen molar-refractivity contribution in [1.29, 1.82) is 0 Å². The molecular formula is C13H20ClN3O. The third-order valence-corrected chi connectivity index (χ3v) is 2.48. The molecular weight excluding hydrogens is 250 g/mol. The van der Waals surface area contributed by atoms with Crippen LogP contribution in [0.25, 0.3) is 0 Å². The van der Waals surface area contributed by atoms with Gasteiger partial charge in [0.1, 0.15) is 12.4 Å². The first kappa shape index (κ1) is 14.6. The number of benzene rings is 1. The van der Waals surface area contributed by atoms with Crippen LogP contribution in [-0.2, 0) is 0 Å². The van der Waals surface area contributed by atoms with Crippen molar-refractivity contribution in [2.75, 3.05) is 41.3 Å². The van der Waals surface area contributed by atoms with Crippen molar-refractivity contribution in [1.82, 2.24) is 9.80 Å². The van der Waals surface area contributed by atoms with Gasteiger partial charge in [-0.2, -0.15) is 0 Å². The lowest BCUT2D eigenvalue weighted by atomic mass is 10.3.